The largest absolute Gasteiger partial charge is 0.345 e. The van der Waals surface area contributed by atoms with Crippen molar-refractivity contribution in [2.75, 3.05) is 0 Å². The number of hydrogen-bond donors (Lipinski definition) is 1. The van der Waals surface area contributed by atoms with Crippen LogP contribution in [0.3, 0.4) is 0 Å². The third-order valence-corrected chi connectivity index (χ3v) is 5.42. The van der Waals surface area contributed by atoms with E-state index in [1.54, 1.807) is 0 Å². The number of imidazole rings is 1. The Morgan fingerprint density at radius 2 is 1.73 bits per heavy atom. The van der Waals surface area contributed by atoms with Crippen LogP contribution in [0, 0.1) is 0 Å². The van der Waals surface area contributed by atoms with Gasteiger partial charge in [0.05, 0.1) is 11.7 Å². The van der Waals surface area contributed by atoms with Crippen molar-refractivity contribution < 1.29 is 0 Å². The molecule has 0 aliphatic heterocycles. The van der Waals surface area contributed by atoms with Crippen LogP contribution in [-0.4, -0.2) is 19.7 Å². The van der Waals surface area contributed by atoms with Crippen molar-refractivity contribution in [3.63, 3.8) is 0 Å². The SMILES string of the molecule is CC(C)c1ccc2cnn(C(C)CCC(C)c3cnc(C(C)C)[nH]3)c2c1. The second kappa shape index (κ2) is 7.65. The Morgan fingerprint density at radius 1 is 0.962 bits per heavy atom. The topological polar surface area (TPSA) is 46.5 Å². The molecule has 0 aliphatic carbocycles. The zero-order valence-electron chi connectivity index (χ0n) is 17.0. The molecular weight excluding hydrogens is 320 g/mol. The van der Waals surface area contributed by atoms with E-state index in [4.69, 9.17) is 0 Å². The second-order valence-corrected chi connectivity index (χ2v) is 8.27. The first kappa shape index (κ1) is 18.7. The van der Waals surface area contributed by atoms with Gasteiger partial charge in [-0.15, -0.1) is 0 Å². The van der Waals surface area contributed by atoms with Gasteiger partial charge in [-0.25, -0.2) is 4.98 Å². The fourth-order valence-corrected chi connectivity index (χ4v) is 3.43. The summed E-state index contributed by atoms with van der Waals surface area (Å²) >= 11 is 0. The Hall–Kier alpha value is -2.10. The highest BCUT2D eigenvalue weighted by molar-refractivity contribution is 5.79. The van der Waals surface area contributed by atoms with Crippen LogP contribution in [0.4, 0.5) is 0 Å². The van der Waals surface area contributed by atoms with E-state index in [0.717, 1.165) is 18.7 Å². The maximum Gasteiger partial charge on any atom is 0.108 e. The Morgan fingerprint density at radius 3 is 2.38 bits per heavy atom. The summed E-state index contributed by atoms with van der Waals surface area (Å²) in [5.74, 6) is 2.54. The third kappa shape index (κ3) is 3.84. The molecule has 0 spiro atoms. The number of nitrogens with one attached hydrogen (secondary N) is 1. The number of fused-ring (bicyclic) bond motifs is 1. The van der Waals surface area contributed by atoms with Crippen LogP contribution in [0.2, 0.25) is 0 Å². The van der Waals surface area contributed by atoms with Gasteiger partial charge in [-0.2, -0.15) is 5.10 Å². The predicted octanol–water partition coefficient (Wildman–Crippen LogP) is 6.15. The fourth-order valence-electron chi connectivity index (χ4n) is 3.43. The van der Waals surface area contributed by atoms with Gasteiger partial charge in [0.1, 0.15) is 5.82 Å². The molecule has 0 radical (unpaired) electrons. The minimum atomic E-state index is 0.379. The second-order valence-electron chi connectivity index (χ2n) is 8.27. The monoisotopic (exact) mass is 352 g/mol. The van der Waals surface area contributed by atoms with Crippen molar-refractivity contribution in [3.8, 4) is 0 Å². The molecule has 2 heterocycles. The zero-order chi connectivity index (χ0) is 18.8. The van der Waals surface area contributed by atoms with Crippen LogP contribution < -0.4 is 0 Å². The highest BCUT2D eigenvalue weighted by Gasteiger charge is 2.15. The number of aromatic amines is 1. The molecule has 0 fully saturated rings. The standard InChI is InChI=1S/C22H32N4/c1-14(2)18-9-10-19-12-24-26(21(19)11-18)17(6)8-7-16(5)20-13-23-22(25-20)15(3)4/h9-17H,7-8H2,1-6H3,(H,23,25). The average Bonchev–Trinajstić information content (AvgIpc) is 3.25. The summed E-state index contributed by atoms with van der Waals surface area (Å²) in [6.07, 6.45) is 6.21. The first-order valence-electron chi connectivity index (χ1n) is 9.88. The zero-order valence-corrected chi connectivity index (χ0v) is 17.0. The first-order valence-corrected chi connectivity index (χ1v) is 9.88. The predicted molar refractivity (Wildman–Crippen MR) is 109 cm³/mol. The van der Waals surface area contributed by atoms with Crippen LogP contribution in [0.1, 0.15) is 95.3 Å². The molecule has 0 bridgehead atoms. The third-order valence-electron chi connectivity index (χ3n) is 5.42. The van der Waals surface area contributed by atoms with Gasteiger partial charge in [-0.3, -0.25) is 4.68 Å². The smallest absolute Gasteiger partial charge is 0.108 e. The molecule has 3 aromatic rings. The van der Waals surface area contributed by atoms with Crippen molar-refractivity contribution in [2.45, 2.75) is 78.2 Å². The normalized spacial score (nSPS) is 14.5. The van der Waals surface area contributed by atoms with Gasteiger partial charge in [0, 0.05) is 29.2 Å². The lowest BCUT2D eigenvalue weighted by molar-refractivity contribution is 0.439. The highest BCUT2D eigenvalue weighted by atomic mass is 15.3. The molecule has 0 saturated carbocycles. The molecular formula is C22H32N4. The molecule has 3 rings (SSSR count). The van der Waals surface area contributed by atoms with E-state index in [0.29, 0.717) is 23.8 Å². The lowest BCUT2D eigenvalue weighted by atomic mass is 9.99. The number of hydrogen-bond acceptors (Lipinski definition) is 2. The maximum absolute atomic E-state index is 4.67. The molecule has 0 saturated heterocycles. The minimum absolute atomic E-state index is 0.379. The minimum Gasteiger partial charge on any atom is -0.345 e. The fraction of sp³-hybridized carbons (Fsp3) is 0.545. The molecule has 26 heavy (non-hydrogen) atoms. The summed E-state index contributed by atoms with van der Waals surface area (Å²) in [6.45, 7) is 13.4. The van der Waals surface area contributed by atoms with Gasteiger partial charge in [0.25, 0.3) is 0 Å². The van der Waals surface area contributed by atoms with Crippen LogP contribution in [0.5, 0.6) is 0 Å². The van der Waals surface area contributed by atoms with E-state index in [1.807, 2.05) is 12.4 Å². The molecule has 0 amide bonds. The molecule has 2 aromatic heterocycles. The van der Waals surface area contributed by atoms with Gasteiger partial charge in [-0.05, 0) is 43.2 Å². The number of aromatic nitrogens is 4. The van der Waals surface area contributed by atoms with E-state index in [9.17, 15) is 0 Å². The molecule has 1 N–H and O–H groups in total. The van der Waals surface area contributed by atoms with E-state index < -0.39 is 0 Å². The number of H-pyrrole nitrogens is 1. The number of rotatable bonds is 7. The van der Waals surface area contributed by atoms with Crippen LogP contribution in [0.25, 0.3) is 10.9 Å². The van der Waals surface area contributed by atoms with Crippen molar-refractivity contribution in [1.82, 2.24) is 19.7 Å². The van der Waals surface area contributed by atoms with Gasteiger partial charge in [-0.1, -0.05) is 46.8 Å². The summed E-state index contributed by atoms with van der Waals surface area (Å²) < 4.78 is 2.19. The quantitative estimate of drug-likeness (QED) is 0.554. The van der Waals surface area contributed by atoms with Crippen molar-refractivity contribution in [3.05, 3.63) is 47.7 Å². The molecule has 0 aliphatic rings. The Bertz CT molecular complexity index is 856. The molecule has 4 nitrogen and oxygen atoms in total. The van der Waals surface area contributed by atoms with Crippen LogP contribution in [0.15, 0.2) is 30.6 Å². The summed E-state index contributed by atoms with van der Waals surface area (Å²) in [4.78, 5) is 7.99. The molecule has 2 unspecified atom stereocenters. The summed E-state index contributed by atoms with van der Waals surface area (Å²) in [7, 11) is 0. The highest BCUT2D eigenvalue weighted by Crippen LogP contribution is 2.28. The summed E-state index contributed by atoms with van der Waals surface area (Å²) in [5.41, 5.74) is 3.87. The van der Waals surface area contributed by atoms with Gasteiger partial charge in [0.15, 0.2) is 0 Å². The van der Waals surface area contributed by atoms with Crippen LogP contribution >= 0.6 is 0 Å². The van der Waals surface area contributed by atoms with Crippen LogP contribution in [-0.2, 0) is 0 Å². The molecule has 1 aromatic carbocycles. The molecule has 140 valence electrons. The van der Waals surface area contributed by atoms with Gasteiger partial charge < -0.3 is 4.98 Å². The Labute approximate surface area is 157 Å². The van der Waals surface area contributed by atoms with Gasteiger partial charge in [0.2, 0.25) is 0 Å². The molecule has 2 atom stereocenters. The van der Waals surface area contributed by atoms with E-state index in [2.05, 4.69) is 79.5 Å². The average molecular weight is 353 g/mol. The van der Waals surface area contributed by atoms with Crippen molar-refractivity contribution in [2.24, 2.45) is 0 Å². The summed E-state index contributed by atoms with van der Waals surface area (Å²) in [5, 5.41) is 5.90. The van der Waals surface area contributed by atoms with Gasteiger partial charge >= 0.3 is 0 Å². The van der Waals surface area contributed by atoms with E-state index in [-0.39, 0.29) is 0 Å². The summed E-state index contributed by atoms with van der Waals surface area (Å²) in [6, 6.07) is 7.10. The lowest BCUT2D eigenvalue weighted by Gasteiger charge is -2.17. The lowest BCUT2D eigenvalue weighted by Crippen LogP contribution is -2.08. The number of nitrogens with zero attached hydrogens (tertiary/aromatic N) is 3. The van der Waals surface area contributed by atoms with E-state index >= 15 is 0 Å². The van der Waals surface area contributed by atoms with Crippen molar-refractivity contribution >= 4 is 10.9 Å². The van der Waals surface area contributed by atoms with E-state index in [1.165, 1.54) is 22.2 Å². The molecule has 4 heteroatoms. The van der Waals surface area contributed by atoms with Crippen molar-refractivity contribution in [1.29, 1.82) is 0 Å². The Kier molecular flexibility index (Phi) is 5.49. The maximum atomic E-state index is 4.67. The first-order chi connectivity index (χ1) is 12.4. The Balaban J connectivity index is 1.70. The number of benzene rings is 1.